The van der Waals surface area contributed by atoms with Crippen LogP contribution in [0.2, 0.25) is 0 Å². The van der Waals surface area contributed by atoms with Gasteiger partial charge >= 0.3 is 0 Å². The summed E-state index contributed by atoms with van der Waals surface area (Å²) in [5.41, 5.74) is 5.27. The number of carbonyl (C=O) groups excluding carboxylic acids is 1. The lowest BCUT2D eigenvalue weighted by Crippen LogP contribution is -2.17. The van der Waals surface area contributed by atoms with E-state index in [1.165, 1.54) is 33.7 Å². The van der Waals surface area contributed by atoms with Crippen molar-refractivity contribution < 1.29 is 9.18 Å². The van der Waals surface area contributed by atoms with Crippen molar-refractivity contribution in [2.75, 3.05) is 22.3 Å². The molecule has 4 N–H and O–H groups in total. The molecule has 4 rings (SSSR count). The van der Waals surface area contributed by atoms with Gasteiger partial charge in [-0.2, -0.15) is 5.10 Å². The Morgan fingerprint density at radius 2 is 1.86 bits per heavy atom. The van der Waals surface area contributed by atoms with Crippen molar-refractivity contribution in [1.82, 2.24) is 25.1 Å². The van der Waals surface area contributed by atoms with Crippen LogP contribution in [-0.4, -0.2) is 42.4 Å². The minimum Gasteiger partial charge on any atom is -0.334 e. The van der Waals surface area contributed by atoms with Crippen LogP contribution in [0.4, 0.5) is 15.5 Å². The molecule has 14 heteroatoms. The number of nitrogen functional groups attached to an aromatic ring is 1. The summed E-state index contributed by atoms with van der Waals surface area (Å²) in [6.45, 7) is 1.76. The SMILES string of the molecule is C/C(=N\Nc1nnc(SCC(=O)Nc2nnc(SCc3ccccc3)s2)n1N)c1ccc(F)cc1. The van der Waals surface area contributed by atoms with E-state index >= 15 is 0 Å². The van der Waals surface area contributed by atoms with Gasteiger partial charge < -0.3 is 5.84 Å². The van der Waals surface area contributed by atoms with Gasteiger partial charge in [-0.3, -0.25) is 10.1 Å². The third-order valence-corrected chi connectivity index (χ3v) is 7.43. The molecule has 0 aliphatic heterocycles. The summed E-state index contributed by atoms with van der Waals surface area (Å²) in [5, 5.41) is 23.7. The van der Waals surface area contributed by atoms with Gasteiger partial charge in [0.25, 0.3) is 5.95 Å². The van der Waals surface area contributed by atoms with Crippen LogP contribution in [0.3, 0.4) is 0 Å². The normalized spacial score (nSPS) is 11.4. The zero-order valence-electron chi connectivity index (χ0n) is 18.4. The molecule has 0 saturated heterocycles. The third kappa shape index (κ3) is 7.00. The number of aromatic nitrogens is 5. The third-order valence-electron chi connectivity index (χ3n) is 4.44. The highest BCUT2D eigenvalue weighted by atomic mass is 32.2. The molecule has 10 nitrogen and oxygen atoms in total. The fourth-order valence-electron chi connectivity index (χ4n) is 2.66. The number of amides is 1. The van der Waals surface area contributed by atoms with E-state index in [4.69, 9.17) is 5.84 Å². The molecule has 2 aromatic carbocycles. The van der Waals surface area contributed by atoms with Crippen molar-refractivity contribution in [1.29, 1.82) is 0 Å². The number of nitrogens with two attached hydrogens (primary N) is 1. The predicted octanol–water partition coefficient (Wildman–Crippen LogP) is 3.84. The number of rotatable bonds is 10. The van der Waals surface area contributed by atoms with E-state index in [0.717, 1.165) is 27.4 Å². The average molecular weight is 530 g/mol. The number of hydrogen-bond acceptors (Lipinski definition) is 11. The molecule has 0 unspecified atom stereocenters. The van der Waals surface area contributed by atoms with Gasteiger partial charge in [0.15, 0.2) is 4.34 Å². The Bertz CT molecular complexity index is 1310. The molecule has 1 amide bonds. The van der Waals surface area contributed by atoms with Gasteiger partial charge in [-0.25, -0.2) is 14.5 Å². The van der Waals surface area contributed by atoms with E-state index in [-0.39, 0.29) is 23.4 Å². The van der Waals surface area contributed by atoms with Crippen LogP contribution >= 0.6 is 34.9 Å². The first kappa shape index (κ1) is 24.6. The molecule has 180 valence electrons. The Labute approximate surface area is 212 Å². The topological polar surface area (TPSA) is 136 Å². The van der Waals surface area contributed by atoms with Crippen LogP contribution < -0.4 is 16.6 Å². The molecule has 0 aliphatic carbocycles. The number of anilines is 2. The molecule has 0 saturated carbocycles. The van der Waals surface area contributed by atoms with E-state index in [1.807, 2.05) is 30.3 Å². The summed E-state index contributed by atoms with van der Waals surface area (Å²) in [4.78, 5) is 12.3. The summed E-state index contributed by atoms with van der Waals surface area (Å²) in [6, 6.07) is 16.0. The Kier molecular flexibility index (Phi) is 8.28. The number of thioether (sulfide) groups is 2. The van der Waals surface area contributed by atoms with Crippen molar-refractivity contribution in [3.63, 3.8) is 0 Å². The summed E-state index contributed by atoms with van der Waals surface area (Å²) >= 11 is 3.99. The van der Waals surface area contributed by atoms with Gasteiger partial charge in [0.05, 0.1) is 11.5 Å². The second-order valence-electron chi connectivity index (χ2n) is 6.98. The maximum atomic E-state index is 13.1. The summed E-state index contributed by atoms with van der Waals surface area (Å²) in [7, 11) is 0. The highest BCUT2D eigenvalue weighted by molar-refractivity contribution is 8.00. The van der Waals surface area contributed by atoms with Crippen molar-refractivity contribution in [3.05, 3.63) is 71.5 Å². The molecule has 2 heterocycles. The van der Waals surface area contributed by atoms with Gasteiger partial charge in [0, 0.05) is 5.75 Å². The number of benzene rings is 2. The lowest BCUT2D eigenvalue weighted by molar-refractivity contribution is -0.113. The van der Waals surface area contributed by atoms with Crippen molar-refractivity contribution in [2.45, 2.75) is 22.2 Å². The first-order valence-electron chi connectivity index (χ1n) is 10.2. The molecule has 4 aromatic rings. The van der Waals surface area contributed by atoms with E-state index < -0.39 is 0 Å². The van der Waals surface area contributed by atoms with E-state index in [2.05, 4.69) is 36.2 Å². The zero-order chi connectivity index (χ0) is 24.6. The van der Waals surface area contributed by atoms with Crippen LogP contribution in [-0.2, 0) is 10.5 Å². The number of nitrogens with one attached hydrogen (secondary N) is 2. The maximum Gasteiger partial charge on any atom is 0.264 e. The molecule has 2 aromatic heterocycles. The molecular formula is C21H20FN9OS3. The molecule has 0 spiro atoms. The van der Waals surface area contributed by atoms with Crippen LogP contribution in [0.1, 0.15) is 18.1 Å². The van der Waals surface area contributed by atoms with Crippen molar-refractivity contribution in [2.24, 2.45) is 5.10 Å². The van der Waals surface area contributed by atoms with E-state index in [0.29, 0.717) is 16.0 Å². The number of nitrogens with zero attached hydrogens (tertiary/aromatic N) is 6. The smallest absolute Gasteiger partial charge is 0.264 e. The molecule has 35 heavy (non-hydrogen) atoms. The second-order valence-corrected chi connectivity index (χ2v) is 10.1. The molecule has 0 aliphatic rings. The largest absolute Gasteiger partial charge is 0.334 e. The Hall–Kier alpha value is -3.49. The van der Waals surface area contributed by atoms with E-state index in [9.17, 15) is 9.18 Å². The average Bonchev–Trinajstić information content (AvgIpc) is 3.46. The molecule has 0 atom stereocenters. The van der Waals surface area contributed by atoms with Crippen LogP contribution in [0.15, 0.2) is 69.2 Å². The maximum absolute atomic E-state index is 13.1. The summed E-state index contributed by atoms with van der Waals surface area (Å²) in [5.74, 6) is 6.43. The molecule has 0 bridgehead atoms. The summed E-state index contributed by atoms with van der Waals surface area (Å²) < 4.78 is 15.0. The second kappa shape index (κ2) is 11.8. The van der Waals surface area contributed by atoms with Crippen molar-refractivity contribution >= 4 is 57.6 Å². The van der Waals surface area contributed by atoms with Crippen molar-refractivity contribution in [3.8, 4) is 0 Å². The van der Waals surface area contributed by atoms with Gasteiger partial charge in [-0.15, -0.1) is 20.4 Å². The Balaban J connectivity index is 1.25. The first-order chi connectivity index (χ1) is 17.0. The monoisotopic (exact) mass is 529 g/mol. The minimum absolute atomic E-state index is 0.0548. The van der Waals surface area contributed by atoms with E-state index in [1.54, 1.807) is 30.8 Å². The van der Waals surface area contributed by atoms with Crippen LogP contribution in [0.5, 0.6) is 0 Å². The lowest BCUT2D eigenvalue weighted by Gasteiger charge is -2.04. The highest BCUT2D eigenvalue weighted by Crippen LogP contribution is 2.28. The fourth-order valence-corrected chi connectivity index (χ4v) is 5.05. The highest BCUT2D eigenvalue weighted by Gasteiger charge is 2.14. The van der Waals surface area contributed by atoms with Gasteiger partial charge in [-0.1, -0.05) is 77.3 Å². The molecule has 0 fully saturated rings. The standard InChI is InChI=1S/C21H20FN9OS3/c1-13(15-7-9-16(22)10-8-15)25-26-18-27-29-20(31(18)23)33-12-17(32)24-19-28-30-21(35-19)34-11-14-5-3-2-4-6-14/h2-10H,11-12,23H2,1H3,(H,26,27)(H,24,28,32)/b25-13+. The number of halogens is 1. The number of hydrazone groups is 1. The van der Waals surface area contributed by atoms with Gasteiger partial charge in [0.2, 0.25) is 16.2 Å². The van der Waals surface area contributed by atoms with Crippen LogP contribution in [0.25, 0.3) is 0 Å². The fraction of sp³-hybridized carbons (Fsp3) is 0.143. The van der Waals surface area contributed by atoms with Crippen LogP contribution in [0, 0.1) is 5.82 Å². The summed E-state index contributed by atoms with van der Waals surface area (Å²) in [6.07, 6.45) is 0. The number of hydrogen-bond donors (Lipinski definition) is 3. The first-order valence-corrected chi connectivity index (χ1v) is 13.0. The van der Waals surface area contributed by atoms with Gasteiger partial charge in [-0.05, 0) is 30.2 Å². The zero-order valence-corrected chi connectivity index (χ0v) is 20.8. The predicted molar refractivity (Wildman–Crippen MR) is 138 cm³/mol. The number of carbonyl (C=O) groups is 1. The molecule has 0 radical (unpaired) electrons. The Morgan fingerprint density at radius 1 is 1.09 bits per heavy atom. The molecular weight excluding hydrogens is 509 g/mol. The quantitative estimate of drug-likeness (QED) is 0.0920. The lowest BCUT2D eigenvalue weighted by atomic mass is 10.1. The van der Waals surface area contributed by atoms with Gasteiger partial charge in [0.1, 0.15) is 5.82 Å². The minimum atomic E-state index is -0.324. The Morgan fingerprint density at radius 3 is 2.63 bits per heavy atom.